The van der Waals surface area contributed by atoms with Crippen molar-refractivity contribution in [1.29, 1.82) is 0 Å². The number of aliphatic imine (C=N–C) groups is 1. The summed E-state index contributed by atoms with van der Waals surface area (Å²) < 4.78 is 0. The molecule has 0 aromatic rings. The van der Waals surface area contributed by atoms with Crippen LogP contribution in [0.25, 0.3) is 0 Å². The molecular formula is C3H4ClN3O2. The second kappa shape index (κ2) is 2.20. The average molecular weight is 150 g/mol. The van der Waals surface area contributed by atoms with Crippen molar-refractivity contribution in [1.82, 2.24) is 10.2 Å². The minimum atomic E-state index is -1.31. The van der Waals surface area contributed by atoms with Crippen LogP contribution in [-0.4, -0.2) is 23.2 Å². The minimum absolute atomic E-state index is 0.0779. The molecule has 0 fully saturated rings. The molecule has 0 saturated carbocycles. The highest BCUT2D eigenvalue weighted by atomic mass is 35.5. The van der Waals surface area contributed by atoms with Crippen LogP contribution in [0.2, 0.25) is 0 Å². The Bertz CT molecular complexity index is 168. The molecule has 50 valence electrons. The molecule has 9 heavy (non-hydrogen) atoms. The molecule has 1 heterocycles. The van der Waals surface area contributed by atoms with Crippen LogP contribution in [0.3, 0.4) is 0 Å². The van der Waals surface area contributed by atoms with Crippen LogP contribution < -0.4 is 10.2 Å². The van der Waals surface area contributed by atoms with Crippen molar-refractivity contribution in [2.45, 2.75) is 6.23 Å². The summed E-state index contributed by atoms with van der Waals surface area (Å²) in [5.74, 6) is -0.493. The van der Waals surface area contributed by atoms with E-state index in [1.54, 1.807) is 0 Å². The Balaban J connectivity index is 2.62. The van der Waals surface area contributed by atoms with Gasteiger partial charge in [-0.2, -0.15) is 0 Å². The quantitative estimate of drug-likeness (QED) is 0.369. The fourth-order valence-corrected chi connectivity index (χ4v) is 0.538. The van der Waals surface area contributed by atoms with Crippen LogP contribution in [0.5, 0.6) is 0 Å². The van der Waals surface area contributed by atoms with Gasteiger partial charge in [-0.1, -0.05) is 0 Å². The molecule has 1 aliphatic rings. The highest BCUT2D eigenvalue weighted by molar-refractivity contribution is 6.24. The Hall–Kier alpha value is -0.810. The molecule has 0 radical (unpaired) electrons. The molecule has 0 bridgehead atoms. The van der Waals surface area contributed by atoms with Crippen molar-refractivity contribution in [2.24, 2.45) is 4.99 Å². The summed E-state index contributed by atoms with van der Waals surface area (Å²) in [6, 6.07) is 0. The summed E-state index contributed by atoms with van der Waals surface area (Å²) in [4.78, 5) is 15.8. The molecule has 5 nitrogen and oxygen atoms in total. The molecule has 0 aromatic heterocycles. The molecule has 1 rings (SSSR count). The van der Waals surface area contributed by atoms with Crippen LogP contribution in [0.4, 0.5) is 0 Å². The Morgan fingerprint density at radius 1 is 1.89 bits per heavy atom. The van der Waals surface area contributed by atoms with Gasteiger partial charge in [-0.05, 0) is 0 Å². The van der Waals surface area contributed by atoms with Gasteiger partial charge < -0.3 is 5.11 Å². The second-order valence-corrected chi connectivity index (χ2v) is 1.62. The third-order valence-corrected chi connectivity index (χ3v) is 0.996. The number of rotatable bonds is 0. The molecule has 1 amide bonds. The lowest BCUT2D eigenvalue weighted by Crippen LogP contribution is -2.33. The number of carbonyl (C=O) groups excluding carboxylic acids is 1. The predicted molar refractivity (Wildman–Crippen MR) is 30.6 cm³/mol. The molecule has 1 aliphatic heterocycles. The maximum atomic E-state index is 10.4. The van der Waals surface area contributed by atoms with Crippen molar-refractivity contribution in [2.75, 3.05) is 0 Å². The monoisotopic (exact) mass is 149 g/mol. The summed E-state index contributed by atoms with van der Waals surface area (Å²) in [5, 5.41) is 10.8. The fraction of sp³-hybridized carbons (Fsp3) is 0.333. The van der Waals surface area contributed by atoms with E-state index < -0.39 is 12.1 Å². The fourth-order valence-electron chi connectivity index (χ4n) is 0.442. The zero-order valence-electron chi connectivity index (χ0n) is 4.26. The van der Waals surface area contributed by atoms with E-state index in [1.807, 2.05) is 0 Å². The predicted octanol–water partition coefficient (Wildman–Crippen LogP) is -1.47. The first-order chi connectivity index (χ1) is 4.24. The van der Waals surface area contributed by atoms with Gasteiger partial charge in [0.05, 0.1) is 0 Å². The van der Waals surface area contributed by atoms with Gasteiger partial charge in [0.25, 0.3) is 5.91 Å². The number of nitrogens with zero attached hydrogens (tertiary/aromatic N) is 1. The van der Waals surface area contributed by atoms with Crippen molar-refractivity contribution < 1.29 is 9.90 Å². The van der Waals surface area contributed by atoms with Gasteiger partial charge in [0.15, 0.2) is 0 Å². The van der Waals surface area contributed by atoms with E-state index in [0.717, 1.165) is 0 Å². The van der Waals surface area contributed by atoms with E-state index in [-0.39, 0.29) is 5.96 Å². The van der Waals surface area contributed by atoms with Gasteiger partial charge in [0.2, 0.25) is 12.2 Å². The highest BCUT2D eigenvalue weighted by Gasteiger charge is 2.22. The number of aliphatic hydroxyl groups excluding tert-OH is 1. The Kier molecular flexibility index (Phi) is 1.54. The maximum Gasteiger partial charge on any atom is 0.278 e. The van der Waals surface area contributed by atoms with E-state index in [0.29, 0.717) is 0 Å². The first kappa shape index (κ1) is 6.31. The van der Waals surface area contributed by atoms with Crippen molar-refractivity contribution in [3.8, 4) is 0 Å². The number of nitrogens with one attached hydrogen (secondary N) is 2. The number of hydrogen-bond acceptors (Lipinski definition) is 4. The van der Waals surface area contributed by atoms with Crippen molar-refractivity contribution in [3.05, 3.63) is 0 Å². The zero-order valence-corrected chi connectivity index (χ0v) is 5.01. The second-order valence-electron chi connectivity index (χ2n) is 1.44. The van der Waals surface area contributed by atoms with Crippen LogP contribution in [0.1, 0.15) is 0 Å². The average Bonchev–Trinajstić information content (AvgIpc) is 2.13. The molecule has 0 aromatic carbocycles. The minimum Gasteiger partial charge on any atom is -0.364 e. The van der Waals surface area contributed by atoms with Crippen molar-refractivity contribution >= 4 is 23.6 Å². The Morgan fingerprint density at radius 2 is 2.56 bits per heavy atom. The lowest BCUT2D eigenvalue weighted by molar-refractivity contribution is -0.126. The maximum absolute atomic E-state index is 10.4. The zero-order chi connectivity index (χ0) is 6.85. The highest BCUT2D eigenvalue weighted by Crippen LogP contribution is 1.93. The summed E-state index contributed by atoms with van der Waals surface area (Å²) in [5.41, 5.74) is 0. The summed E-state index contributed by atoms with van der Waals surface area (Å²) >= 11 is 5.03. The Morgan fingerprint density at radius 3 is 2.78 bits per heavy atom. The van der Waals surface area contributed by atoms with Gasteiger partial charge in [-0.25, -0.2) is 4.99 Å². The van der Waals surface area contributed by atoms with Crippen LogP contribution in [0.15, 0.2) is 4.99 Å². The van der Waals surface area contributed by atoms with Crippen LogP contribution >= 0.6 is 11.8 Å². The standard InChI is InChI=1S/C3H4ClN3O2/c4-7-3-5-1(8)2(9)6-3/h1,8H,(H2,5,6,7,9). The van der Waals surface area contributed by atoms with Crippen LogP contribution in [0, 0.1) is 0 Å². The third kappa shape index (κ3) is 1.11. The van der Waals surface area contributed by atoms with E-state index >= 15 is 0 Å². The number of amides is 1. The first-order valence-electron chi connectivity index (χ1n) is 2.17. The smallest absolute Gasteiger partial charge is 0.278 e. The number of aliphatic hydroxyl groups is 1. The lowest BCUT2D eigenvalue weighted by atomic mass is 10.6. The largest absolute Gasteiger partial charge is 0.364 e. The van der Waals surface area contributed by atoms with E-state index in [9.17, 15) is 4.79 Å². The molecule has 6 heteroatoms. The number of hydrogen-bond donors (Lipinski definition) is 3. The SMILES string of the molecule is O=C1NC(NCl)=NC1O. The first-order valence-corrected chi connectivity index (χ1v) is 2.55. The van der Waals surface area contributed by atoms with E-state index in [2.05, 4.69) is 15.1 Å². The topological polar surface area (TPSA) is 73.7 Å². The molecule has 3 N–H and O–H groups in total. The number of carbonyl (C=O) groups is 1. The third-order valence-electron chi connectivity index (χ3n) is 0.817. The normalized spacial score (nSPS) is 25.3. The van der Waals surface area contributed by atoms with Gasteiger partial charge in [0, 0.05) is 11.8 Å². The van der Waals surface area contributed by atoms with E-state index in [1.165, 1.54) is 0 Å². The molecule has 0 aliphatic carbocycles. The van der Waals surface area contributed by atoms with Gasteiger partial charge in [-0.3, -0.25) is 14.9 Å². The van der Waals surface area contributed by atoms with Gasteiger partial charge >= 0.3 is 0 Å². The van der Waals surface area contributed by atoms with Crippen LogP contribution in [-0.2, 0) is 4.79 Å². The lowest BCUT2D eigenvalue weighted by Gasteiger charge is -1.91. The number of halogens is 1. The van der Waals surface area contributed by atoms with Gasteiger partial charge in [0.1, 0.15) is 0 Å². The molecule has 1 atom stereocenters. The summed E-state index contributed by atoms with van der Waals surface area (Å²) in [7, 11) is 0. The molecule has 0 saturated heterocycles. The summed E-state index contributed by atoms with van der Waals surface area (Å²) in [6.07, 6.45) is -1.31. The van der Waals surface area contributed by atoms with E-state index in [4.69, 9.17) is 16.9 Å². The molecular weight excluding hydrogens is 146 g/mol. The van der Waals surface area contributed by atoms with Gasteiger partial charge in [-0.15, -0.1) is 0 Å². The summed E-state index contributed by atoms with van der Waals surface area (Å²) in [6.45, 7) is 0. The number of guanidine groups is 1. The molecule has 0 spiro atoms. The Labute approximate surface area is 55.8 Å². The van der Waals surface area contributed by atoms with Crippen molar-refractivity contribution in [3.63, 3.8) is 0 Å². The molecule has 1 unspecified atom stereocenters.